The molecule has 26 nitrogen and oxygen atoms in total. The van der Waals surface area contributed by atoms with E-state index in [9.17, 15) is 53.1 Å². The number of alkyl carbamates (subject to hydrolysis) is 2. The number of carbonyl (C=O) groups is 10. The highest BCUT2D eigenvalue weighted by atomic mass is 79.9. The summed E-state index contributed by atoms with van der Waals surface area (Å²) in [6, 6.07) is 24.0. The van der Waals surface area contributed by atoms with Crippen LogP contribution in [0.4, 0.5) is 9.59 Å². The Labute approximate surface area is 525 Å². The summed E-state index contributed by atoms with van der Waals surface area (Å²) in [7, 11) is 0. The van der Waals surface area contributed by atoms with Crippen molar-refractivity contribution in [2.45, 2.75) is 129 Å². The third-order valence-corrected chi connectivity index (χ3v) is 13.1. The van der Waals surface area contributed by atoms with Crippen LogP contribution in [-0.2, 0) is 33.4 Å². The minimum absolute atomic E-state index is 0. The van der Waals surface area contributed by atoms with Crippen molar-refractivity contribution in [1.29, 1.82) is 0 Å². The molecule has 0 aliphatic carbocycles. The van der Waals surface area contributed by atoms with E-state index in [0.29, 0.717) is 48.4 Å². The Hall–Kier alpha value is -8.69. The molecule has 0 saturated carbocycles. The van der Waals surface area contributed by atoms with Crippen LogP contribution in [0.1, 0.15) is 134 Å². The number of aromatic nitrogens is 4. The summed E-state index contributed by atoms with van der Waals surface area (Å²) in [5.41, 5.74) is 7.59. The Balaban J connectivity index is 0.000000274. The van der Waals surface area contributed by atoms with Gasteiger partial charge in [-0.25, -0.2) is 24.4 Å². The fourth-order valence-corrected chi connectivity index (χ4v) is 9.42. The van der Waals surface area contributed by atoms with Gasteiger partial charge in [0.1, 0.15) is 42.0 Å². The predicted octanol–water partition coefficient (Wildman–Crippen LogP) is 5.41. The molecular weight excluding hydrogens is 1230 g/mol. The number of aromatic amines is 2. The van der Waals surface area contributed by atoms with E-state index < -0.39 is 53.9 Å². The Morgan fingerprint density at radius 3 is 1.19 bits per heavy atom. The molecule has 3 aliphatic rings. The molecule has 28 heteroatoms. The lowest BCUT2D eigenvalue weighted by atomic mass is 10.1. The summed E-state index contributed by atoms with van der Waals surface area (Å²) in [5, 5.41) is 23.0. The number of carboxylic acids is 1. The van der Waals surface area contributed by atoms with Crippen LogP contribution >= 0.6 is 28.3 Å². The number of halogens is 2. The lowest BCUT2D eigenvalue weighted by Crippen LogP contribution is -2.46. The van der Waals surface area contributed by atoms with Crippen LogP contribution in [0.25, 0.3) is 0 Å². The zero-order valence-corrected chi connectivity index (χ0v) is 53.0. The van der Waals surface area contributed by atoms with Gasteiger partial charge in [-0.1, -0.05) is 54.6 Å². The summed E-state index contributed by atoms with van der Waals surface area (Å²) in [6.07, 6.45) is 3.23. The molecule has 0 radical (unpaired) electrons. The van der Waals surface area contributed by atoms with Gasteiger partial charge in [-0.15, -0.1) is 12.4 Å². The quantitative estimate of drug-likeness (QED) is 0.0628. The lowest BCUT2D eigenvalue weighted by Gasteiger charge is -2.24. The highest BCUT2D eigenvalue weighted by molar-refractivity contribution is 9.18. The van der Waals surface area contributed by atoms with Crippen LogP contribution in [0.15, 0.2) is 103 Å². The summed E-state index contributed by atoms with van der Waals surface area (Å²) < 4.78 is 10.2. The van der Waals surface area contributed by atoms with E-state index in [1.807, 2.05) is 38.1 Å². The van der Waals surface area contributed by atoms with Gasteiger partial charge < -0.3 is 71.6 Å². The average molecular weight is 1310 g/mol. The number of H-pyrrole nitrogens is 2. The molecule has 0 bridgehead atoms. The number of imidazole rings is 2. The van der Waals surface area contributed by atoms with Crippen molar-refractivity contribution >= 4 is 86.6 Å². The summed E-state index contributed by atoms with van der Waals surface area (Å²) in [5.74, 6) is -1.44. The number of nitrogens with one attached hydrogen (secondary N) is 7. The number of hydrogen-bond acceptors (Lipinski definition) is 15. The lowest BCUT2D eigenvalue weighted by molar-refractivity contribution is -0.147. The topological polar surface area (TPSA) is 363 Å². The predicted molar refractivity (Wildman–Crippen MR) is 330 cm³/mol. The molecule has 0 spiro atoms. The number of rotatable bonds is 14. The first-order valence-corrected chi connectivity index (χ1v) is 28.8. The molecule has 3 aliphatic heterocycles. The maximum atomic E-state index is 12.9. The molecule has 5 heterocycles. The Morgan fingerprint density at radius 2 is 0.886 bits per heavy atom. The number of carboxylic acid groups (broad SMARTS) is 1. The molecule has 2 aromatic heterocycles. The number of aryl methyl sites for hydroxylation is 2. The highest BCUT2D eigenvalue weighted by Gasteiger charge is 2.42. The minimum Gasteiger partial charge on any atom is -0.480 e. The number of ether oxygens (including phenoxy) is 2. The second-order valence-electron chi connectivity index (χ2n) is 22.6. The summed E-state index contributed by atoms with van der Waals surface area (Å²) in [4.78, 5) is 139. The largest absolute Gasteiger partial charge is 0.480 e. The zero-order valence-electron chi connectivity index (χ0n) is 50.6. The Morgan fingerprint density at radius 1 is 0.568 bits per heavy atom. The number of carbonyl (C=O) groups excluding carboxylic acids is 9. The van der Waals surface area contributed by atoms with Gasteiger partial charge in [0.25, 0.3) is 17.7 Å². The molecule has 3 aromatic carbocycles. The molecule has 8 amide bonds. The van der Waals surface area contributed by atoms with Crippen molar-refractivity contribution in [3.05, 3.63) is 143 Å². The molecule has 88 heavy (non-hydrogen) atoms. The molecule has 6 atom stereocenters. The van der Waals surface area contributed by atoms with Crippen LogP contribution in [0.3, 0.4) is 0 Å². The van der Waals surface area contributed by atoms with E-state index in [1.165, 1.54) is 6.92 Å². The molecule has 10 N–H and O–H groups in total. The second-order valence-corrected chi connectivity index (χ2v) is 23.7. The highest BCUT2D eigenvalue weighted by Crippen LogP contribution is 2.32. The average Bonchev–Trinajstić information content (AvgIpc) is 3.66. The number of aliphatic carboxylic acids is 1. The van der Waals surface area contributed by atoms with Crippen molar-refractivity contribution in [2.75, 3.05) is 39.3 Å². The van der Waals surface area contributed by atoms with Gasteiger partial charge in [-0.2, -0.15) is 0 Å². The van der Waals surface area contributed by atoms with Gasteiger partial charge in [0, 0.05) is 91.6 Å². The molecule has 8 rings (SSSR count). The summed E-state index contributed by atoms with van der Waals surface area (Å²) >= 11 is 2.63. The molecule has 476 valence electrons. The maximum absolute atomic E-state index is 12.9. The number of nitrogens with two attached hydrogens (primary N) is 1. The SMILES string of the molecule is CC(=O)Br.CC(C)(C)OC(=O)NCC(=O)N1C[C@H](NC(=O)c2ccccc2)C[C@H]1C(=O)O.Cc1cnc([C@@H]2C[C@@H](NC(=O)c3ccccc3)CN2C(=O)CN)[nH]1.Cc1cnc([C@@H]2C[C@@H](NC(=O)c3ccccc3)CN2C(=O)CNC(=O)OC(C)(C)C)[nH]1.Cl. The van der Waals surface area contributed by atoms with Gasteiger partial charge in [0.2, 0.25) is 17.7 Å². The summed E-state index contributed by atoms with van der Waals surface area (Å²) in [6.45, 7) is 15.7. The number of amides is 8. The van der Waals surface area contributed by atoms with E-state index in [-0.39, 0.29) is 96.9 Å². The Kier molecular flexibility index (Phi) is 27.3. The van der Waals surface area contributed by atoms with Gasteiger partial charge in [-0.3, -0.25) is 33.6 Å². The minimum atomic E-state index is -1.16. The van der Waals surface area contributed by atoms with Gasteiger partial charge in [0.15, 0.2) is 4.69 Å². The third kappa shape index (κ3) is 23.2. The van der Waals surface area contributed by atoms with Crippen molar-refractivity contribution in [3.63, 3.8) is 0 Å². The van der Waals surface area contributed by atoms with Crippen LogP contribution in [0.5, 0.6) is 0 Å². The van der Waals surface area contributed by atoms with E-state index in [2.05, 4.69) is 62.4 Å². The van der Waals surface area contributed by atoms with Gasteiger partial charge in [-0.05, 0) is 121 Å². The fourth-order valence-electron chi connectivity index (χ4n) is 9.42. The maximum Gasteiger partial charge on any atom is 0.408 e. The number of likely N-dealkylation sites (tertiary alicyclic amines) is 3. The number of nitrogens with zero attached hydrogens (tertiary/aromatic N) is 5. The van der Waals surface area contributed by atoms with Crippen molar-refractivity contribution < 1.29 is 62.5 Å². The van der Waals surface area contributed by atoms with E-state index >= 15 is 0 Å². The van der Waals surface area contributed by atoms with E-state index in [4.69, 9.17) is 15.2 Å². The second kappa shape index (κ2) is 33.4. The molecule has 3 fully saturated rings. The fraction of sp³-hybridized carbons (Fsp3) is 0.433. The van der Waals surface area contributed by atoms with Gasteiger partial charge in [0.05, 0.1) is 18.6 Å². The monoisotopic (exact) mass is 1300 g/mol. The third-order valence-electron chi connectivity index (χ3n) is 13.1. The Bertz CT molecular complexity index is 3170. The molecule has 0 unspecified atom stereocenters. The van der Waals surface area contributed by atoms with Crippen molar-refractivity contribution in [3.8, 4) is 0 Å². The molecule has 3 saturated heterocycles. The first kappa shape index (κ1) is 71.8. The zero-order chi connectivity index (χ0) is 64.2. The van der Waals surface area contributed by atoms with E-state index in [0.717, 1.165) is 22.1 Å². The first-order chi connectivity index (χ1) is 41.0. The first-order valence-electron chi connectivity index (χ1n) is 28.0. The smallest absolute Gasteiger partial charge is 0.408 e. The van der Waals surface area contributed by atoms with Crippen LogP contribution in [0, 0.1) is 13.8 Å². The van der Waals surface area contributed by atoms with Crippen molar-refractivity contribution in [2.24, 2.45) is 5.73 Å². The number of benzene rings is 3. The molecule has 5 aromatic rings. The van der Waals surface area contributed by atoms with E-state index in [1.54, 1.807) is 130 Å². The van der Waals surface area contributed by atoms with Crippen LogP contribution < -0.4 is 32.3 Å². The molecular formula is C60H79BrClN13O13. The van der Waals surface area contributed by atoms with Crippen LogP contribution in [0.2, 0.25) is 0 Å². The normalized spacial score (nSPS) is 18.4. The van der Waals surface area contributed by atoms with Crippen LogP contribution in [-0.4, -0.2) is 173 Å². The standard InChI is InChI=1S/C22H29N5O4.C19H25N3O6.C17H21N5O2.C2H3BrO.ClH/c1-14-11-23-19(25-14)17-10-16(26-20(29)15-8-6-5-7-9-15)13-27(17)18(28)12-24-21(30)31-22(2,3)4;1-19(2,3)28-18(27)20-10-15(23)22-11-13(9-14(22)17(25)26)21-16(24)12-7-5-4-6-8-12;1-11-9-19-16(20-11)14-7-13(10-22(14)15(23)8-18)21-17(24)12-5-3-2-4-6-12;1-2(3)4;/h5-9,11,16-17H,10,12-13H2,1-4H3,(H,23,25)(H,24,30)(H,26,29);4-8,13-14H,9-11H2,1-3H3,(H,20,27)(H,21,24)(H,25,26);2-6,9,13-14H,7-8,10,18H2,1H3,(H,19,20)(H,21,24);1H3;1H/t16-,17+;2*13-,14+;;/m111../s1. The number of hydrogen-bond donors (Lipinski definition) is 9. The van der Waals surface area contributed by atoms with Gasteiger partial charge >= 0.3 is 18.2 Å². The van der Waals surface area contributed by atoms with Crippen molar-refractivity contribution in [1.82, 2.24) is 61.2 Å².